The summed E-state index contributed by atoms with van der Waals surface area (Å²) in [7, 11) is 1.64. The van der Waals surface area contributed by atoms with Gasteiger partial charge in [0.1, 0.15) is 34.6 Å². The number of esters is 1. The molecule has 1 aromatic heterocycles. The number of hydrogen-bond acceptors (Lipinski definition) is 17. The molecule has 26 heteroatoms. The lowest BCUT2D eigenvalue weighted by Gasteiger charge is -2.44. The number of benzene rings is 1. The number of ether oxygens (including phenoxy) is 2. The number of hydrogen-bond donors (Lipinski definition) is 8. The first-order chi connectivity index (χ1) is 39.7. The molecule has 85 heavy (non-hydrogen) atoms. The van der Waals surface area contributed by atoms with Gasteiger partial charge in [0.05, 0.1) is 30.4 Å². The van der Waals surface area contributed by atoms with Crippen LogP contribution in [-0.2, 0) is 63.8 Å². The van der Waals surface area contributed by atoms with Crippen molar-refractivity contribution in [3.63, 3.8) is 0 Å². The van der Waals surface area contributed by atoms with Crippen LogP contribution in [0.25, 0.3) is 0 Å². The molecule has 0 bridgehead atoms. The van der Waals surface area contributed by atoms with Crippen molar-refractivity contribution < 1.29 is 72.4 Å². The van der Waals surface area contributed by atoms with Crippen molar-refractivity contribution >= 4 is 82.1 Å². The van der Waals surface area contributed by atoms with Gasteiger partial charge < -0.3 is 56.5 Å². The fourth-order valence-corrected chi connectivity index (χ4v) is 10.9. The Balaban J connectivity index is 1.64. The minimum absolute atomic E-state index is 0.0216. The first-order valence-electron chi connectivity index (χ1n) is 28.8. The van der Waals surface area contributed by atoms with Crippen molar-refractivity contribution in [3.8, 4) is 5.75 Å². The van der Waals surface area contributed by atoms with Crippen LogP contribution in [0.5, 0.6) is 5.75 Å². The number of imide groups is 1. The van der Waals surface area contributed by atoms with E-state index in [2.05, 4.69) is 41.8 Å². The Labute approximate surface area is 502 Å². The van der Waals surface area contributed by atoms with Crippen molar-refractivity contribution in [2.24, 2.45) is 17.8 Å². The maximum Gasteiger partial charge on any atom is 0.306 e. The standard InChI is InChI=1S/C59H90N10O15S/c1-32(2)44(67(15)56(79)51(33(3)4)66-58(82)59(13,14)69(34(5)6)35(7)8)30-46(84-39(12)70)55-65-43(31-85-55)54(78)63-41(27-36(9)57(80)81)28-40-18-19-45(71)42(29-40)64-53(77)38(11)62-52(76)37(10)61-48(73)22-25-83-26-23-60-47(72)17-16-24-68-49(74)20-21-50(68)75/h18-21,29,31-38,41,44,46,51,71H,16-17,22-28,30H2,1-15H3,(H,60,72)(H,61,73)(H,62,76)(H,63,78)(H,64,77)(H,66,82)(H,80,81)/t36-,37-,38-,41+,44+,46+,51-/m0/s1. The highest BCUT2D eigenvalue weighted by Gasteiger charge is 2.42. The molecule has 2 aromatic rings. The third-order valence-electron chi connectivity index (χ3n) is 14.4. The summed E-state index contributed by atoms with van der Waals surface area (Å²) in [6.07, 6.45) is 1.69. The van der Waals surface area contributed by atoms with Gasteiger partial charge in [0, 0.05) is 88.0 Å². The summed E-state index contributed by atoms with van der Waals surface area (Å²) < 4.78 is 11.2. The van der Waals surface area contributed by atoms with E-state index in [0.717, 1.165) is 16.2 Å². The second-order valence-corrected chi connectivity index (χ2v) is 24.1. The number of phenols is 1. The number of carboxylic acid groups (broad SMARTS) is 1. The number of aromatic nitrogens is 1. The summed E-state index contributed by atoms with van der Waals surface area (Å²) in [6.45, 7) is 25.1. The highest BCUT2D eigenvalue weighted by molar-refractivity contribution is 7.09. The molecule has 25 nitrogen and oxygen atoms in total. The Morgan fingerprint density at radius 1 is 0.776 bits per heavy atom. The van der Waals surface area contributed by atoms with Crippen molar-refractivity contribution in [2.75, 3.05) is 38.7 Å². The van der Waals surface area contributed by atoms with Gasteiger partial charge in [0.15, 0.2) is 6.10 Å². The molecule has 7 atom stereocenters. The lowest BCUT2D eigenvalue weighted by Crippen LogP contribution is -2.63. The van der Waals surface area contributed by atoms with Crippen LogP contribution in [0, 0.1) is 17.8 Å². The average Bonchev–Trinajstić information content (AvgIpc) is 2.98. The number of likely N-dealkylation sites (N-methyl/N-ethyl adjacent to an activating group) is 1. The Morgan fingerprint density at radius 2 is 1.40 bits per heavy atom. The van der Waals surface area contributed by atoms with E-state index in [1.165, 1.54) is 63.4 Å². The lowest BCUT2D eigenvalue weighted by atomic mass is 9.93. The van der Waals surface area contributed by atoms with Gasteiger partial charge in [-0.25, -0.2) is 4.98 Å². The average molecular weight is 1210 g/mol. The number of thiazole rings is 1. The van der Waals surface area contributed by atoms with Crippen LogP contribution in [0.2, 0.25) is 0 Å². The minimum Gasteiger partial charge on any atom is -0.506 e. The third-order valence-corrected chi connectivity index (χ3v) is 15.3. The van der Waals surface area contributed by atoms with E-state index in [4.69, 9.17) is 9.47 Å². The highest BCUT2D eigenvalue weighted by Crippen LogP contribution is 2.32. The molecule has 3 rings (SSSR count). The topological polar surface area (TPSA) is 341 Å². The van der Waals surface area contributed by atoms with Gasteiger partial charge in [0.25, 0.3) is 17.7 Å². The van der Waals surface area contributed by atoms with E-state index < -0.39 is 95.2 Å². The Morgan fingerprint density at radius 3 is 1.98 bits per heavy atom. The molecule has 2 heterocycles. The smallest absolute Gasteiger partial charge is 0.306 e. The summed E-state index contributed by atoms with van der Waals surface area (Å²) in [4.78, 5) is 151. The second kappa shape index (κ2) is 33.4. The summed E-state index contributed by atoms with van der Waals surface area (Å²) in [6, 6.07) is -0.114. The van der Waals surface area contributed by atoms with Gasteiger partial charge in [-0.3, -0.25) is 62.5 Å². The summed E-state index contributed by atoms with van der Waals surface area (Å²) in [5, 5.41) is 38.6. The fraction of sp³-hybridized carbons (Fsp3) is 0.627. The van der Waals surface area contributed by atoms with Crippen molar-refractivity contribution in [3.05, 3.63) is 52.0 Å². The number of carboxylic acids is 1. The van der Waals surface area contributed by atoms with Crippen molar-refractivity contribution in [1.82, 2.24) is 46.3 Å². The molecule has 0 fully saturated rings. The molecule has 1 aliphatic heterocycles. The number of phenolic OH excluding ortho intramolecular Hbond substituents is 1. The van der Waals surface area contributed by atoms with Crippen molar-refractivity contribution in [1.29, 1.82) is 0 Å². The molecule has 0 aliphatic carbocycles. The SMILES string of the molecule is CC(=O)O[C@H](C[C@H](C(C)C)N(C)C(=O)[C@@H](NC(=O)C(C)(C)N(C(C)C)C(C)C)C(C)C)c1nc(C(=O)N[C@@H](Cc2ccc(O)c(NC(=O)[C@H](C)NC(=O)[C@H](C)NC(=O)CCOCCNC(=O)CCCN3C(=O)C=CC3=O)c2)C[C@H](C)C(=O)O)cs1. The highest BCUT2D eigenvalue weighted by atomic mass is 32.1. The Hall–Kier alpha value is -7.32. The van der Waals surface area contributed by atoms with Crippen LogP contribution in [0.3, 0.4) is 0 Å². The van der Waals surface area contributed by atoms with E-state index in [1.807, 2.05) is 69.2 Å². The van der Waals surface area contributed by atoms with Crippen LogP contribution in [0.1, 0.15) is 156 Å². The number of aliphatic carboxylic acids is 1. The largest absolute Gasteiger partial charge is 0.506 e. The first kappa shape index (κ1) is 71.9. The predicted molar refractivity (Wildman–Crippen MR) is 317 cm³/mol. The number of anilines is 1. The van der Waals surface area contributed by atoms with Gasteiger partial charge in [-0.1, -0.05) is 40.7 Å². The molecular weight excluding hydrogens is 1120 g/mol. The van der Waals surface area contributed by atoms with E-state index >= 15 is 0 Å². The van der Waals surface area contributed by atoms with E-state index in [-0.39, 0.29) is 122 Å². The quantitative estimate of drug-likeness (QED) is 0.0209. The number of nitrogens with one attached hydrogen (secondary N) is 6. The van der Waals surface area contributed by atoms with Crippen LogP contribution >= 0.6 is 11.3 Å². The molecule has 9 amide bonds. The Kier molecular flexibility index (Phi) is 28.3. The van der Waals surface area contributed by atoms with Gasteiger partial charge in [-0.2, -0.15) is 0 Å². The fourth-order valence-electron chi connectivity index (χ4n) is 10.0. The number of rotatable bonds is 35. The van der Waals surface area contributed by atoms with Crippen molar-refractivity contribution in [2.45, 2.75) is 189 Å². The summed E-state index contributed by atoms with van der Waals surface area (Å²) >= 11 is 1.06. The molecule has 1 aromatic carbocycles. The zero-order valence-corrected chi connectivity index (χ0v) is 52.6. The zero-order valence-electron chi connectivity index (χ0n) is 51.8. The van der Waals surface area contributed by atoms with E-state index in [1.54, 1.807) is 11.9 Å². The van der Waals surface area contributed by atoms with E-state index in [9.17, 15) is 63.0 Å². The number of aromatic hydroxyl groups is 1. The number of carbonyl (C=O) groups excluding carboxylic acids is 10. The third kappa shape index (κ3) is 22.2. The number of nitrogens with zero attached hydrogens (tertiary/aromatic N) is 4. The monoisotopic (exact) mass is 1210 g/mol. The normalized spacial score (nSPS) is 15.0. The maximum atomic E-state index is 14.4. The van der Waals surface area contributed by atoms with Gasteiger partial charge >= 0.3 is 11.9 Å². The van der Waals surface area contributed by atoms with Crippen LogP contribution in [0.15, 0.2) is 35.7 Å². The van der Waals surface area contributed by atoms with Crippen LogP contribution < -0.4 is 31.9 Å². The molecular formula is C59H90N10O15S. The molecule has 1 aliphatic rings. The predicted octanol–water partition coefficient (Wildman–Crippen LogP) is 3.99. The molecule has 0 saturated heterocycles. The molecule has 0 unspecified atom stereocenters. The minimum atomic E-state index is -1.16. The van der Waals surface area contributed by atoms with Crippen LogP contribution in [0.4, 0.5) is 5.69 Å². The lowest BCUT2D eigenvalue weighted by molar-refractivity contribution is -0.149. The van der Waals surface area contributed by atoms with Gasteiger partial charge in [0.2, 0.25) is 35.4 Å². The van der Waals surface area contributed by atoms with E-state index in [0.29, 0.717) is 12.0 Å². The summed E-state index contributed by atoms with van der Waals surface area (Å²) in [5.74, 6) is -7.84. The molecule has 0 saturated carbocycles. The molecule has 0 spiro atoms. The zero-order chi connectivity index (χ0) is 64.2. The van der Waals surface area contributed by atoms with Gasteiger partial charge in [-0.15, -0.1) is 11.3 Å². The second-order valence-electron chi connectivity index (χ2n) is 23.2. The summed E-state index contributed by atoms with van der Waals surface area (Å²) in [5.41, 5.74) is -0.571. The van der Waals surface area contributed by atoms with Gasteiger partial charge in [-0.05, 0) is 104 Å². The molecule has 8 N–H and O–H groups in total. The maximum absolute atomic E-state index is 14.4. The number of carbonyl (C=O) groups is 11. The number of amides is 9. The molecule has 0 radical (unpaired) electrons. The Bertz CT molecular complexity index is 2700. The first-order valence-corrected chi connectivity index (χ1v) is 29.7. The molecule has 472 valence electrons. The van der Waals surface area contributed by atoms with Crippen LogP contribution in [-0.4, -0.2) is 176 Å².